The summed E-state index contributed by atoms with van der Waals surface area (Å²) in [6, 6.07) is 0. The minimum Gasteiger partial charge on any atom is -0.469 e. The fourth-order valence-electron chi connectivity index (χ4n) is 2.68. The molecule has 1 rings (SSSR count). The molecule has 1 saturated heterocycles. The van der Waals surface area contributed by atoms with Crippen LogP contribution < -0.4 is 0 Å². The highest BCUT2D eigenvalue weighted by atomic mass is 16.5. The molecule has 22 heavy (non-hydrogen) atoms. The Balaban J connectivity index is 1.98. The first kappa shape index (κ1) is 18.7. The van der Waals surface area contributed by atoms with E-state index in [0.29, 0.717) is 25.9 Å². The second-order valence-electron chi connectivity index (χ2n) is 6.19. The number of carbonyl (C=O) groups is 3. The van der Waals surface area contributed by atoms with Gasteiger partial charge in [0.05, 0.1) is 13.7 Å². The number of methoxy groups -OCH3 is 1. The molecule has 0 N–H and O–H groups in total. The molecule has 0 amide bonds. The molecule has 1 atom stereocenters. The zero-order chi connectivity index (χ0) is 16.4. The zero-order valence-corrected chi connectivity index (χ0v) is 13.8. The minimum absolute atomic E-state index is 0.0214. The van der Waals surface area contributed by atoms with Gasteiger partial charge in [0, 0.05) is 19.3 Å². The Morgan fingerprint density at radius 1 is 1.05 bits per heavy atom. The Morgan fingerprint density at radius 2 is 1.59 bits per heavy atom. The number of cyclic esters (lactones) is 1. The molecule has 0 aromatic rings. The first-order valence-corrected chi connectivity index (χ1v) is 8.28. The molecular weight excluding hydrogens is 284 g/mol. The van der Waals surface area contributed by atoms with Crippen LogP contribution >= 0.6 is 0 Å². The largest absolute Gasteiger partial charge is 0.469 e. The zero-order valence-electron chi connectivity index (χ0n) is 13.8. The van der Waals surface area contributed by atoms with Gasteiger partial charge in [0.2, 0.25) is 0 Å². The van der Waals surface area contributed by atoms with Crippen molar-refractivity contribution in [1.29, 1.82) is 0 Å². The van der Waals surface area contributed by atoms with Crippen LogP contribution in [0.1, 0.15) is 71.1 Å². The Labute approximate surface area is 132 Å². The van der Waals surface area contributed by atoms with Gasteiger partial charge in [-0.3, -0.25) is 14.4 Å². The SMILES string of the molecule is COC(=O)CCCCCCCCCC(=O)C1(C)CCOC1=O. The molecule has 0 aliphatic carbocycles. The molecule has 0 saturated carbocycles. The number of ether oxygens (including phenoxy) is 2. The van der Waals surface area contributed by atoms with Gasteiger partial charge in [-0.05, 0) is 19.8 Å². The summed E-state index contributed by atoms with van der Waals surface area (Å²) in [5, 5.41) is 0. The molecule has 0 spiro atoms. The molecule has 1 heterocycles. The van der Waals surface area contributed by atoms with Gasteiger partial charge in [-0.25, -0.2) is 0 Å². The van der Waals surface area contributed by atoms with Crippen LogP contribution in [-0.4, -0.2) is 31.4 Å². The molecule has 1 unspecified atom stereocenters. The molecular formula is C17H28O5. The molecule has 1 aliphatic heterocycles. The van der Waals surface area contributed by atoms with Crippen LogP contribution in [-0.2, 0) is 23.9 Å². The van der Waals surface area contributed by atoms with Crippen molar-refractivity contribution in [2.24, 2.45) is 5.41 Å². The van der Waals surface area contributed by atoms with Crippen LogP contribution in [0.5, 0.6) is 0 Å². The number of unbranched alkanes of at least 4 members (excludes halogenated alkanes) is 6. The Bertz CT molecular complexity index is 391. The topological polar surface area (TPSA) is 69.7 Å². The minimum atomic E-state index is -0.895. The summed E-state index contributed by atoms with van der Waals surface area (Å²) in [7, 11) is 1.41. The number of hydrogen-bond donors (Lipinski definition) is 0. The molecule has 5 nitrogen and oxygen atoms in total. The normalized spacial score (nSPS) is 20.7. The summed E-state index contributed by atoms with van der Waals surface area (Å²) >= 11 is 0. The molecule has 5 heteroatoms. The Hall–Kier alpha value is -1.39. The monoisotopic (exact) mass is 312 g/mol. The lowest BCUT2D eigenvalue weighted by Crippen LogP contribution is -2.32. The van der Waals surface area contributed by atoms with Gasteiger partial charge in [0.25, 0.3) is 0 Å². The lowest BCUT2D eigenvalue weighted by Gasteiger charge is -2.16. The van der Waals surface area contributed by atoms with Crippen LogP contribution in [0.3, 0.4) is 0 Å². The predicted molar refractivity (Wildman–Crippen MR) is 82.3 cm³/mol. The van der Waals surface area contributed by atoms with Crippen molar-refractivity contribution in [1.82, 2.24) is 0 Å². The summed E-state index contributed by atoms with van der Waals surface area (Å²) in [6.07, 6.45) is 8.57. The summed E-state index contributed by atoms with van der Waals surface area (Å²) < 4.78 is 9.49. The Morgan fingerprint density at radius 3 is 2.09 bits per heavy atom. The highest BCUT2D eigenvalue weighted by Gasteiger charge is 2.45. The lowest BCUT2D eigenvalue weighted by atomic mass is 9.82. The Kier molecular flexibility index (Phi) is 8.13. The number of rotatable bonds is 11. The van der Waals surface area contributed by atoms with Crippen LogP contribution in [0.2, 0.25) is 0 Å². The highest BCUT2D eigenvalue weighted by molar-refractivity contribution is 6.04. The van der Waals surface area contributed by atoms with Crippen molar-refractivity contribution in [3.63, 3.8) is 0 Å². The van der Waals surface area contributed by atoms with E-state index < -0.39 is 5.41 Å². The second kappa shape index (κ2) is 9.59. The first-order chi connectivity index (χ1) is 10.5. The van der Waals surface area contributed by atoms with E-state index in [1.54, 1.807) is 6.92 Å². The lowest BCUT2D eigenvalue weighted by molar-refractivity contribution is -0.150. The van der Waals surface area contributed by atoms with Crippen molar-refractivity contribution in [2.45, 2.75) is 71.1 Å². The third-order valence-corrected chi connectivity index (χ3v) is 4.41. The number of ketones is 1. The smallest absolute Gasteiger partial charge is 0.319 e. The van der Waals surface area contributed by atoms with E-state index in [1.807, 2.05) is 0 Å². The second-order valence-corrected chi connectivity index (χ2v) is 6.19. The van der Waals surface area contributed by atoms with Gasteiger partial charge in [-0.15, -0.1) is 0 Å². The summed E-state index contributed by atoms with van der Waals surface area (Å²) in [5.41, 5.74) is -0.895. The van der Waals surface area contributed by atoms with Gasteiger partial charge < -0.3 is 9.47 Å². The van der Waals surface area contributed by atoms with E-state index in [2.05, 4.69) is 4.74 Å². The highest BCUT2D eigenvalue weighted by Crippen LogP contribution is 2.32. The number of Topliss-reactive ketones (excluding diaryl/α,β-unsaturated/α-hetero) is 1. The van der Waals surface area contributed by atoms with Crippen molar-refractivity contribution < 1.29 is 23.9 Å². The quantitative estimate of drug-likeness (QED) is 0.333. The van der Waals surface area contributed by atoms with Crippen LogP contribution in [0, 0.1) is 5.41 Å². The van der Waals surface area contributed by atoms with Gasteiger partial charge in [0.1, 0.15) is 11.2 Å². The molecule has 0 bridgehead atoms. The van der Waals surface area contributed by atoms with E-state index >= 15 is 0 Å². The maximum Gasteiger partial charge on any atom is 0.319 e. The van der Waals surface area contributed by atoms with Crippen molar-refractivity contribution in [3.8, 4) is 0 Å². The number of carbonyl (C=O) groups excluding carboxylic acids is 3. The van der Waals surface area contributed by atoms with Gasteiger partial charge in [-0.2, -0.15) is 0 Å². The standard InChI is InChI=1S/C17H28O5/c1-17(12-13-22-16(17)20)14(18)10-8-6-4-3-5-7-9-11-15(19)21-2/h3-13H2,1-2H3. The van der Waals surface area contributed by atoms with Crippen molar-refractivity contribution in [3.05, 3.63) is 0 Å². The molecule has 126 valence electrons. The van der Waals surface area contributed by atoms with Crippen LogP contribution in [0.25, 0.3) is 0 Å². The summed E-state index contributed by atoms with van der Waals surface area (Å²) in [5.74, 6) is -0.478. The van der Waals surface area contributed by atoms with Crippen LogP contribution in [0.4, 0.5) is 0 Å². The fourth-order valence-corrected chi connectivity index (χ4v) is 2.68. The third-order valence-electron chi connectivity index (χ3n) is 4.41. The fraction of sp³-hybridized carbons (Fsp3) is 0.824. The van der Waals surface area contributed by atoms with E-state index in [-0.39, 0.29) is 17.7 Å². The van der Waals surface area contributed by atoms with E-state index in [0.717, 1.165) is 44.9 Å². The molecule has 0 aromatic heterocycles. The van der Waals surface area contributed by atoms with Gasteiger partial charge in [-0.1, -0.05) is 32.1 Å². The first-order valence-electron chi connectivity index (χ1n) is 8.28. The van der Waals surface area contributed by atoms with Crippen molar-refractivity contribution in [2.75, 3.05) is 13.7 Å². The van der Waals surface area contributed by atoms with E-state index in [4.69, 9.17) is 4.74 Å². The maximum atomic E-state index is 12.1. The van der Waals surface area contributed by atoms with Crippen LogP contribution in [0.15, 0.2) is 0 Å². The summed E-state index contributed by atoms with van der Waals surface area (Å²) in [6.45, 7) is 2.07. The predicted octanol–water partition coefficient (Wildman–Crippen LogP) is 3.19. The molecule has 0 radical (unpaired) electrons. The number of hydrogen-bond acceptors (Lipinski definition) is 5. The van der Waals surface area contributed by atoms with E-state index in [9.17, 15) is 14.4 Å². The number of esters is 2. The maximum absolute atomic E-state index is 12.1. The molecule has 0 aromatic carbocycles. The van der Waals surface area contributed by atoms with Gasteiger partial charge >= 0.3 is 11.9 Å². The van der Waals surface area contributed by atoms with E-state index in [1.165, 1.54) is 7.11 Å². The third kappa shape index (κ3) is 5.78. The van der Waals surface area contributed by atoms with Gasteiger partial charge in [0.15, 0.2) is 0 Å². The molecule has 1 aliphatic rings. The molecule has 1 fully saturated rings. The summed E-state index contributed by atoms with van der Waals surface area (Å²) in [4.78, 5) is 34.6. The average molecular weight is 312 g/mol. The average Bonchev–Trinajstić information content (AvgIpc) is 2.85. The van der Waals surface area contributed by atoms with Crippen molar-refractivity contribution >= 4 is 17.7 Å².